The monoisotopic (exact) mass is 315 g/mol. The number of allylic oxidation sites excluding steroid dienone is 1. The highest BCUT2D eigenvalue weighted by Crippen LogP contribution is 2.33. The van der Waals surface area contributed by atoms with Gasteiger partial charge in [-0.05, 0) is 49.7 Å². The highest BCUT2D eigenvalue weighted by Gasteiger charge is 2.19. The number of fused-ring (bicyclic) bond motifs is 3. The van der Waals surface area contributed by atoms with Gasteiger partial charge in [0.05, 0.1) is 11.6 Å². The summed E-state index contributed by atoms with van der Waals surface area (Å²) >= 11 is 1.66. The van der Waals surface area contributed by atoms with Crippen molar-refractivity contribution in [3.63, 3.8) is 0 Å². The van der Waals surface area contributed by atoms with Gasteiger partial charge < -0.3 is 0 Å². The summed E-state index contributed by atoms with van der Waals surface area (Å²) in [7, 11) is 0. The van der Waals surface area contributed by atoms with Gasteiger partial charge in [0.1, 0.15) is 11.2 Å². The topological polar surface area (TPSA) is 47.2 Å². The van der Waals surface area contributed by atoms with Gasteiger partial charge in [-0.2, -0.15) is 9.78 Å². The van der Waals surface area contributed by atoms with E-state index in [-0.39, 0.29) is 5.56 Å². The van der Waals surface area contributed by atoms with Crippen LogP contribution in [0.25, 0.3) is 10.2 Å². The standard InChI is InChI=1S/C17H21N3OS/c1-3-4-7-12(2)10-19-20-11-18-16-15(17(20)21)13-8-5-6-9-14(13)22-16/h10-11H,2-9H2,1H3. The predicted molar refractivity (Wildman–Crippen MR) is 93.1 cm³/mol. The maximum absolute atomic E-state index is 12.7. The Labute approximate surface area is 134 Å². The number of thiophene rings is 1. The number of rotatable bonds is 5. The molecule has 0 atom stereocenters. The fourth-order valence-electron chi connectivity index (χ4n) is 2.83. The first-order valence-corrected chi connectivity index (χ1v) is 8.76. The lowest BCUT2D eigenvalue weighted by Gasteiger charge is -2.09. The minimum absolute atomic E-state index is 0.0519. The SMILES string of the molecule is C=C(C=Nn1cnc2sc3c(c2c1=O)CCCC3)CCCC. The van der Waals surface area contributed by atoms with Crippen LogP contribution in [0, 0.1) is 0 Å². The molecular formula is C17H21N3OS. The van der Waals surface area contributed by atoms with E-state index in [1.54, 1.807) is 17.6 Å². The molecule has 0 radical (unpaired) electrons. The highest BCUT2D eigenvalue weighted by atomic mass is 32.1. The van der Waals surface area contributed by atoms with Gasteiger partial charge in [-0.1, -0.05) is 19.9 Å². The number of aromatic nitrogens is 2. The van der Waals surface area contributed by atoms with Crippen molar-refractivity contribution in [2.24, 2.45) is 5.10 Å². The van der Waals surface area contributed by atoms with Crippen LogP contribution < -0.4 is 5.56 Å². The Morgan fingerprint density at radius 3 is 3.14 bits per heavy atom. The van der Waals surface area contributed by atoms with Crippen molar-refractivity contribution in [2.45, 2.75) is 51.9 Å². The molecule has 4 nitrogen and oxygen atoms in total. The van der Waals surface area contributed by atoms with E-state index in [9.17, 15) is 4.79 Å². The molecule has 3 rings (SSSR count). The Morgan fingerprint density at radius 2 is 2.32 bits per heavy atom. The molecule has 0 aromatic carbocycles. The molecule has 0 unspecified atom stereocenters. The Kier molecular flexibility index (Phi) is 4.52. The summed E-state index contributed by atoms with van der Waals surface area (Å²) < 4.78 is 1.35. The first-order chi connectivity index (χ1) is 10.7. The van der Waals surface area contributed by atoms with Crippen molar-refractivity contribution in [1.82, 2.24) is 9.66 Å². The van der Waals surface area contributed by atoms with Gasteiger partial charge in [-0.15, -0.1) is 11.3 Å². The molecule has 5 heteroatoms. The van der Waals surface area contributed by atoms with Gasteiger partial charge in [0.15, 0.2) is 0 Å². The van der Waals surface area contributed by atoms with Crippen LogP contribution in [0.15, 0.2) is 28.4 Å². The van der Waals surface area contributed by atoms with Crippen LogP contribution in [0.2, 0.25) is 0 Å². The second-order valence-corrected chi connectivity index (χ2v) is 6.88. The van der Waals surface area contributed by atoms with E-state index in [1.807, 2.05) is 0 Å². The minimum atomic E-state index is -0.0519. The molecule has 0 aliphatic heterocycles. The molecule has 0 fully saturated rings. The van der Waals surface area contributed by atoms with E-state index in [4.69, 9.17) is 0 Å². The molecule has 22 heavy (non-hydrogen) atoms. The fraction of sp³-hybridized carbons (Fsp3) is 0.471. The first kappa shape index (κ1) is 15.2. The van der Waals surface area contributed by atoms with Gasteiger partial charge in [-0.3, -0.25) is 4.79 Å². The van der Waals surface area contributed by atoms with Crippen molar-refractivity contribution >= 4 is 27.8 Å². The van der Waals surface area contributed by atoms with Gasteiger partial charge >= 0.3 is 0 Å². The van der Waals surface area contributed by atoms with E-state index < -0.39 is 0 Å². The summed E-state index contributed by atoms with van der Waals surface area (Å²) in [6.45, 7) is 6.12. The lowest BCUT2D eigenvalue weighted by molar-refractivity contribution is 0.699. The maximum Gasteiger partial charge on any atom is 0.282 e. The summed E-state index contributed by atoms with van der Waals surface area (Å²) in [5.41, 5.74) is 2.10. The van der Waals surface area contributed by atoms with Crippen LogP contribution in [0.1, 0.15) is 49.5 Å². The molecule has 1 aliphatic rings. The van der Waals surface area contributed by atoms with Gasteiger partial charge in [-0.25, -0.2) is 4.98 Å². The molecule has 0 saturated heterocycles. The minimum Gasteiger partial charge on any atom is -0.267 e. The molecule has 2 aromatic rings. The molecule has 0 N–H and O–H groups in total. The van der Waals surface area contributed by atoms with Crippen molar-refractivity contribution in [3.8, 4) is 0 Å². The van der Waals surface area contributed by atoms with E-state index >= 15 is 0 Å². The second-order valence-electron chi connectivity index (χ2n) is 5.79. The predicted octanol–water partition coefficient (Wildman–Crippen LogP) is 3.92. The zero-order valence-corrected chi connectivity index (χ0v) is 13.8. The zero-order valence-electron chi connectivity index (χ0n) is 13.0. The summed E-state index contributed by atoms with van der Waals surface area (Å²) in [6.07, 6.45) is 10.8. The maximum atomic E-state index is 12.7. The summed E-state index contributed by atoms with van der Waals surface area (Å²) in [5.74, 6) is 0. The Hall–Kier alpha value is -1.75. The van der Waals surface area contributed by atoms with Gasteiger partial charge in [0.2, 0.25) is 0 Å². The van der Waals surface area contributed by atoms with E-state index in [0.29, 0.717) is 0 Å². The second kappa shape index (κ2) is 6.57. The van der Waals surface area contributed by atoms with E-state index in [1.165, 1.54) is 27.9 Å². The van der Waals surface area contributed by atoms with E-state index in [0.717, 1.165) is 54.3 Å². The van der Waals surface area contributed by atoms with Crippen LogP contribution in [0.5, 0.6) is 0 Å². The van der Waals surface area contributed by atoms with Gasteiger partial charge in [0, 0.05) is 4.88 Å². The molecule has 0 spiro atoms. The average Bonchev–Trinajstić information content (AvgIpc) is 2.91. The molecule has 116 valence electrons. The Balaban J connectivity index is 1.95. The van der Waals surface area contributed by atoms with Crippen LogP contribution in [-0.4, -0.2) is 15.9 Å². The summed E-state index contributed by atoms with van der Waals surface area (Å²) in [4.78, 5) is 19.3. The largest absolute Gasteiger partial charge is 0.282 e. The third-order valence-electron chi connectivity index (χ3n) is 4.08. The number of hydrogen-bond acceptors (Lipinski definition) is 4. The zero-order chi connectivity index (χ0) is 15.5. The van der Waals surface area contributed by atoms with Crippen molar-refractivity contribution in [2.75, 3.05) is 0 Å². The van der Waals surface area contributed by atoms with Crippen molar-refractivity contribution < 1.29 is 0 Å². The lowest BCUT2D eigenvalue weighted by Crippen LogP contribution is -2.18. The molecule has 0 bridgehead atoms. The third kappa shape index (κ3) is 2.90. The number of nitrogens with zero attached hydrogens (tertiary/aromatic N) is 3. The molecule has 0 saturated carbocycles. The Morgan fingerprint density at radius 1 is 1.50 bits per heavy atom. The quantitative estimate of drug-likeness (QED) is 0.785. The number of unbranched alkanes of at least 4 members (excludes halogenated alkanes) is 1. The molecular weight excluding hydrogens is 294 g/mol. The third-order valence-corrected chi connectivity index (χ3v) is 5.27. The summed E-state index contributed by atoms with van der Waals surface area (Å²) in [5, 5.41) is 5.04. The Bertz CT molecular complexity index is 785. The smallest absolute Gasteiger partial charge is 0.267 e. The average molecular weight is 315 g/mol. The van der Waals surface area contributed by atoms with Crippen molar-refractivity contribution in [1.29, 1.82) is 0 Å². The first-order valence-electron chi connectivity index (χ1n) is 7.94. The van der Waals surface area contributed by atoms with Crippen LogP contribution in [0.4, 0.5) is 0 Å². The molecule has 2 heterocycles. The van der Waals surface area contributed by atoms with E-state index in [2.05, 4.69) is 23.6 Å². The lowest BCUT2D eigenvalue weighted by atomic mass is 9.97. The number of aryl methyl sites for hydroxylation is 2. The highest BCUT2D eigenvalue weighted by molar-refractivity contribution is 7.18. The normalized spacial score (nSPS) is 14.6. The molecule has 0 amide bonds. The van der Waals surface area contributed by atoms with Crippen LogP contribution in [0.3, 0.4) is 0 Å². The summed E-state index contributed by atoms with van der Waals surface area (Å²) in [6, 6.07) is 0. The van der Waals surface area contributed by atoms with Crippen LogP contribution >= 0.6 is 11.3 Å². The van der Waals surface area contributed by atoms with Crippen LogP contribution in [-0.2, 0) is 12.8 Å². The fourth-order valence-corrected chi connectivity index (χ4v) is 4.05. The van der Waals surface area contributed by atoms with Crippen molar-refractivity contribution in [3.05, 3.63) is 39.3 Å². The molecule has 1 aliphatic carbocycles. The van der Waals surface area contributed by atoms with Gasteiger partial charge in [0.25, 0.3) is 5.56 Å². The number of hydrogen-bond donors (Lipinski definition) is 0. The molecule has 2 aromatic heterocycles.